The van der Waals surface area contributed by atoms with E-state index in [-0.39, 0.29) is 6.10 Å². The van der Waals surface area contributed by atoms with Crippen molar-refractivity contribution in [2.75, 3.05) is 0 Å². The minimum atomic E-state index is 0.203. The molecule has 0 fully saturated rings. The maximum Gasteiger partial charge on any atom is 0.133 e. The number of allylic oxidation sites excluding steroid dienone is 2. The third-order valence-corrected chi connectivity index (χ3v) is 5.43. The summed E-state index contributed by atoms with van der Waals surface area (Å²) in [6, 6.07) is 0. The number of hydrogen-bond donors (Lipinski definition) is 0. The van der Waals surface area contributed by atoms with Gasteiger partial charge in [0.1, 0.15) is 5.75 Å². The Morgan fingerprint density at radius 2 is 1.61 bits per heavy atom. The van der Waals surface area contributed by atoms with Crippen LogP contribution in [0.2, 0.25) is 0 Å². The van der Waals surface area contributed by atoms with E-state index in [0.29, 0.717) is 23.7 Å². The molecule has 2 heteroatoms. The Balaban J connectivity index is 2.84. The summed E-state index contributed by atoms with van der Waals surface area (Å²) >= 11 is 0. The van der Waals surface area contributed by atoms with Gasteiger partial charge in [-0.3, -0.25) is 4.98 Å². The molecule has 0 unspecified atom stereocenters. The molecule has 1 aliphatic heterocycles. The van der Waals surface area contributed by atoms with E-state index in [0.717, 1.165) is 11.4 Å². The van der Waals surface area contributed by atoms with Crippen molar-refractivity contribution in [2.24, 2.45) is 17.8 Å². The van der Waals surface area contributed by atoms with Gasteiger partial charge in [0.25, 0.3) is 0 Å². The minimum Gasteiger partial charge on any atom is -0.489 e. The Kier molecular flexibility index (Phi) is 5.23. The van der Waals surface area contributed by atoms with Gasteiger partial charge in [-0.05, 0) is 50.0 Å². The number of ether oxygens (including phenoxy) is 1. The summed E-state index contributed by atoms with van der Waals surface area (Å²) in [5.74, 6) is 2.90. The lowest BCUT2D eigenvalue weighted by Gasteiger charge is -2.33. The molecule has 0 N–H and O–H groups in total. The van der Waals surface area contributed by atoms with Crippen molar-refractivity contribution in [1.82, 2.24) is 4.98 Å². The Morgan fingerprint density at radius 3 is 2.13 bits per heavy atom. The summed E-state index contributed by atoms with van der Waals surface area (Å²) in [6.07, 6.45) is 2.67. The van der Waals surface area contributed by atoms with Gasteiger partial charge in [0, 0.05) is 16.8 Å². The van der Waals surface area contributed by atoms with E-state index >= 15 is 0 Å². The standard InChI is InChI=1S/C21H33NO/c1-11(2)18-10-13(5)14(6)17(9)23-21-15(7)16(8)22-20(12(3)4)19(18)21/h10-14,17H,1-9H3/b18-10-/t13-,14-,17-/m1/s1. The normalized spacial score (nSPS) is 27.1. The molecule has 0 aliphatic carbocycles. The van der Waals surface area contributed by atoms with Crippen LogP contribution >= 0.6 is 0 Å². The highest BCUT2D eigenvalue weighted by Gasteiger charge is 2.30. The molecule has 0 radical (unpaired) electrons. The van der Waals surface area contributed by atoms with Crippen molar-refractivity contribution in [1.29, 1.82) is 0 Å². The van der Waals surface area contributed by atoms with Crippen LogP contribution in [-0.2, 0) is 0 Å². The van der Waals surface area contributed by atoms with Gasteiger partial charge in [-0.2, -0.15) is 0 Å². The second-order valence-electron chi connectivity index (χ2n) is 7.88. The summed E-state index contributed by atoms with van der Waals surface area (Å²) in [7, 11) is 0. The van der Waals surface area contributed by atoms with Crippen LogP contribution in [-0.4, -0.2) is 11.1 Å². The Morgan fingerprint density at radius 1 is 1.00 bits per heavy atom. The molecule has 2 rings (SSSR count). The zero-order valence-corrected chi connectivity index (χ0v) is 16.3. The summed E-state index contributed by atoms with van der Waals surface area (Å²) in [6.45, 7) is 20.0. The van der Waals surface area contributed by atoms with Crippen LogP contribution in [0.4, 0.5) is 0 Å². The molecule has 23 heavy (non-hydrogen) atoms. The molecule has 2 nitrogen and oxygen atoms in total. The van der Waals surface area contributed by atoms with Crippen LogP contribution in [0.15, 0.2) is 6.08 Å². The molecule has 128 valence electrons. The molecule has 0 amide bonds. The molecular weight excluding hydrogens is 282 g/mol. The first-order valence-corrected chi connectivity index (χ1v) is 9.04. The fraction of sp³-hybridized carbons (Fsp3) is 0.667. The number of rotatable bonds is 2. The van der Waals surface area contributed by atoms with Gasteiger partial charge in [-0.15, -0.1) is 0 Å². The zero-order valence-electron chi connectivity index (χ0n) is 16.3. The highest BCUT2D eigenvalue weighted by molar-refractivity contribution is 5.76. The van der Waals surface area contributed by atoms with Crippen LogP contribution in [0.1, 0.15) is 76.9 Å². The first kappa shape index (κ1) is 18.0. The fourth-order valence-corrected chi connectivity index (χ4v) is 3.35. The number of aromatic nitrogens is 1. The number of nitrogens with zero attached hydrogens (tertiary/aromatic N) is 1. The molecule has 0 aromatic carbocycles. The minimum absolute atomic E-state index is 0.203. The molecule has 0 saturated carbocycles. The summed E-state index contributed by atoms with van der Waals surface area (Å²) in [5.41, 5.74) is 6.10. The van der Waals surface area contributed by atoms with Gasteiger partial charge in [-0.25, -0.2) is 0 Å². The van der Waals surface area contributed by atoms with Crippen molar-refractivity contribution in [2.45, 2.75) is 74.3 Å². The van der Waals surface area contributed by atoms with Gasteiger partial charge in [0.15, 0.2) is 0 Å². The second kappa shape index (κ2) is 6.67. The van der Waals surface area contributed by atoms with Gasteiger partial charge in [0.2, 0.25) is 0 Å². The van der Waals surface area contributed by atoms with Gasteiger partial charge in [0.05, 0.1) is 11.8 Å². The topological polar surface area (TPSA) is 22.1 Å². The highest BCUT2D eigenvalue weighted by Crippen LogP contribution is 2.43. The van der Waals surface area contributed by atoms with Gasteiger partial charge < -0.3 is 4.74 Å². The number of aryl methyl sites for hydroxylation is 1. The molecule has 2 heterocycles. The molecule has 0 spiro atoms. The average molecular weight is 316 g/mol. The summed E-state index contributed by atoms with van der Waals surface area (Å²) < 4.78 is 6.52. The number of fused-ring (bicyclic) bond motifs is 1. The van der Waals surface area contributed by atoms with Crippen LogP contribution in [0.25, 0.3) is 5.57 Å². The van der Waals surface area contributed by atoms with Crippen molar-refractivity contribution in [3.05, 3.63) is 28.6 Å². The van der Waals surface area contributed by atoms with E-state index in [4.69, 9.17) is 9.72 Å². The third-order valence-electron chi connectivity index (χ3n) is 5.43. The SMILES string of the molecule is Cc1nc(C(C)C)c2c(c1C)O[C@H](C)[C@H](C)[C@H](C)/C=C\2C(C)C. The van der Waals surface area contributed by atoms with E-state index < -0.39 is 0 Å². The average Bonchev–Trinajstić information content (AvgIpc) is 2.47. The second-order valence-corrected chi connectivity index (χ2v) is 7.88. The smallest absolute Gasteiger partial charge is 0.133 e. The van der Waals surface area contributed by atoms with Crippen molar-refractivity contribution in [3.8, 4) is 5.75 Å². The molecule has 3 atom stereocenters. The Labute approximate surface area is 142 Å². The first-order valence-electron chi connectivity index (χ1n) is 9.04. The van der Waals surface area contributed by atoms with E-state index in [9.17, 15) is 0 Å². The lowest BCUT2D eigenvalue weighted by Crippen LogP contribution is -2.29. The maximum absolute atomic E-state index is 6.52. The van der Waals surface area contributed by atoms with Crippen LogP contribution in [0, 0.1) is 31.6 Å². The van der Waals surface area contributed by atoms with E-state index in [1.807, 2.05) is 0 Å². The molecule has 1 aliphatic rings. The zero-order chi connectivity index (χ0) is 17.5. The van der Waals surface area contributed by atoms with Gasteiger partial charge >= 0.3 is 0 Å². The predicted molar refractivity (Wildman–Crippen MR) is 99.0 cm³/mol. The van der Waals surface area contributed by atoms with Crippen molar-refractivity contribution >= 4 is 5.57 Å². The number of hydrogen-bond acceptors (Lipinski definition) is 2. The molecule has 0 saturated heterocycles. The molecule has 1 aromatic rings. The van der Waals surface area contributed by atoms with Crippen LogP contribution in [0.3, 0.4) is 0 Å². The van der Waals surface area contributed by atoms with Gasteiger partial charge in [-0.1, -0.05) is 47.6 Å². The Hall–Kier alpha value is -1.31. The monoisotopic (exact) mass is 315 g/mol. The van der Waals surface area contributed by atoms with E-state index in [2.05, 4.69) is 68.4 Å². The quantitative estimate of drug-likeness (QED) is 0.676. The largest absolute Gasteiger partial charge is 0.489 e. The summed E-state index contributed by atoms with van der Waals surface area (Å²) in [5, 5.41) is 0. The van der Waals surface area contributed by atoms with Crippen LogP contribution in [0.5, 0.6) is 5.75 Å². The lowest BCUT2D eigenvalue weighted by molar-refractivity contribution is 0.136. The Bertz CT molecular complexity index is 613. The molecule has 1 aromatic heterocycles. The highest BCUT2D eigenvalue weighted by atomic mass is 16.5. The molecular formula is C21H33NO. The molecule has 0 bridgehead atoms. The van der Waals surface area contributed by atoms with E-state index in [1.54, 1.807) is 0 Å². The third kappa shape index (κ3) is 3.32. The first-order chi connectivity index (χ1) is 10.6. The fourth-order valence-electron chi connectivity index (χ4n) is 3.35. The van der Waals surface area contributed by atoms with Crippen molar-refractivity contribution in [3.63, 3.8) is 0 Å². The summed E-state index contributed by atoms with van der Waals surface area (Å²) in [4.78, 5) is 4.94. The predicted octanol–water partition coefficient (Wildman–Crippen LogP) is 5.91. The maximum atomic E-state index is 6.52. The van der Waals surface area contributed by atoms with Crippen molar-refractivity contribution < 1.29 is 4.74 Å². The van der Waals surface area contributed by atoms with E-state index in [1.165, 1.54) is 22.4 Å². The van der Waals surface area contributed by atoms with Crippen LogP contribution < -0.4 is 4.74 Å². The number of pyridine rings is 1. The lowest BCUT2D eigenvalue weighted by atomic mass is 9.81.